The van der Waals surface area contributed by atoms with Crippen LogP contribution < -0.4 is 0 Å². The lowest BCUT2D eigenvalue weighted by molar-refractivity contribution is 0.141. The van der Waals surface area contributed by atoms with Crippen LogP contribution in [-0.2, 0) is 4.74 Å². The summed E-state index contributed by atoms with van der Waals surface area (Å²) in [5, 5.41) is 0. The van der Waals surface area contributed by atoms with E-state index in [-0.39, 0.29) is 0 Å². The Kier molecular flexibility index (Phi) is 2.87. The molecule has 2 rings (SSSR count). The first kappa shape index (κ1) is 10.2. The smallest absolute Gasteiger partial charge is 0.109 e. The predicted molar refractivity (Wildman–Crippen MR) is 62.1 cm³/mol. The van der Waals surface area contributed by atoms with E-state index in [1.807, 2.05) is 0 Å². The standard InChI is InChI=1S/C10H18INO/c1-8(2)12-4-3-10(6-12)5-9(11)13-7-10/h8-9H,3-7H2,1-2H3. The van der Waals surface area contributed by atoms with Crippen molar-refractivity contribution >= 4 is 22.6 Å². The third-order valence-electron chi connectivity index (χ3n) is 3.36. The van der Waals surface area contributed by atoms with Gasteiger partial charge in [0, 0.05) is 18.0 Å². The lowest BCUT2D eigenvalue weighted by Crippen LogP contribution is -2.32. The maximum atomic E-state index is 5.68. The Balaban J connectivity index is 1.97. The van der Waals surface area contributed by atoms with Crippen molar-refractivity contribution in [2.45, 2.75) is 36.8 Å². The van der Waals surface area contributed by atoms with Gasteiger partial charge in [0.15, 0.2) is 0 Å². The molecule has 76 valence electrons. The summed E-state index contributed by atoms with van der Waals surface area (Å²) < 4.78 is 6.14. The number of hydrogen-bond acceptors (Lipinski definition) is 2. The van der Waals surface area contributed by atoms with Gasteiger partial charge in [0.2, 0.25) is 0 Å². The van der Waals surface area contributed by atoms with Gasteiger partial charge in [0.05, 0.1) is 6.61 Å². The first-order valence-corrected chi connectivity index (χ1v) is 6.36. The molecular weight excluding hydrogens is 277 g/mol. The molecule has 2 aliphatic heterocycles. The van der Waals surface area contributed by atoms with Crippen molar-refractivity contribution in [3.63, 3.8) is 0 Å². The van der Waals surface area contributed by atoms with E-state index in [1.165, 1.54) is 25.9 Å². The third kappa shape index (κ3) is 2.02. The molecular formula is C10H18INO. The molecule has 0 aliphatic carbocycles. The zero-order valence-electron chi connectivity index (χ0n) is 8.42. The van der Waals surface area contributed by atoms with Crippen molar-refractivity contribution in [1.82, 2.24) is 4.90 Å². The van der Waals surface area contributed by atoms with Crippen molar-refractivity contribution < 1.29 is 4.74 Å². The molecule has 0 aromatic heterocycles. The van der Waals surface area contributed by atoms with Gasteiger partial charge in [-0.05, 0) is 33.2 Å². The number of likely N-dealkylation sites (tertiary alicyclic amines) is 1. The molecule has 1 spiro atoms. The summed E-state index contributed by atoms with van der Waals surface area (Å²) >= 11 is 2.42. The number of alkyl halides is 1. The fraction of sp³-hybridized carbons (Fsp3) is 1.00. The Morgan fingerprint density at radius 3 is 2.77 bits per heavy atom. The molecule has 2 fully saturated rings. The highest BCUT2D eigenvalue weighted by molar-refractivity contribution is 14.1. The summed E-state index contributed by atoms with van der Waals surface area (Å²) in [6.45, 7) is 8.09. The summed E-state index contributed by atoms with van der Waals surface area (Å²) in [4.78, 5) is 2.58. The van der Waals surface area contributed by atoms with Crippen LogP contribution in [0.4, 0.5) is 0 Å². The van der Waals surface area contributed by atoms with Gasteiger partial charge in [-0.15, -0.1) is 0 Å². The van der Waals surface area contributed by atoms with Crippen LogP contribution in [0.25, 0.3) is 0 Å². The molecule has 0 aromatic carbocycles. The molecule has 2 unspecified atom stereocenters. The van der Waals surface area contributed by atoms with Crippen molar-refractivity contribution in [3.05, 3.63) is 0 Å². The van der Waals surface area contributed by atoms with Crippen LogP contribution in [0.2, 0.25) is 0 Å². The minimum Gasteiger partial charge on any atom is -0.367 e. The fourth-order valence-electron chi connectivity index (χ4n) is 2.42. The molecule has 3 heteroatoms. The predicted octanol–water partition coefficient (Wildman–Crippen LogP) is 2.27. The Labute approximate surface area is 94.1 Å². The molecule has 0 aromatic rings. The lowest BCUT2D eigenvalue weighted by Gasteiger charge is -2.24. The molecule has 2 aliphatic rings. The van der Waals surface area contributed by atoms with Gasteiger partial charge >= 0.3 is 0 Å². The van der Waals surface area contributed by atoms with Crippen LogP contribution in [-0.4, -0.2) is 34.7 Å². The highest BCUT2D eigenvalue weighted by atomic mass is 127. The maximum absolute atomic E-state index is 5.68. The van der Waals surface area contributed by atoms with E-state index in [1.54, 1.807) is 0 Å². The summed E-state index contributed by atoms with van der Waals surface area (Å²) in [5.41, 5.74) is 0.510. The topological polar surface area (TPSA) is 12.5 Å². The van der Waals surface area contributed by atoms with E-state index in [0.29, 0.717) is 15.6 Å². The minimum atomic E-state index is 0.463. The first-order chi connectivity index (χ1) is 6.11. The zero-order chi connectivity index (χ0) is 9.47. The van der Waals surface area contributed by atoms with Crippen LogP contribution in [0.5, 0.6) is 0 Å². The van der Waals surface area contributed by atoms with Crippen LogP contribution in [0.1, 0.15) is 26.7 Å². The van der Waals surface area contributed by atoms with Crippen LogP contribution in [0.15, 0.2) is 0 Å². The fourth-order valence-corrected chi connectivity index (χ4v) is 3.53. The Morgan fingerprint density at radius 2 is 2.31 bits per heavy atom. The normalized spacial score (nSPS) is 41.1. The molecule has 0 radical (unpaired) electrons. The van der Waals surface area contributed by atoms with Crippen molar-refractivity contribution in [1.29, 1.82) is 0 Å². The zero-order valence-corrected chi connectivity index (χ0v) is 10.6. The Morgan fingerprint density at radius 1 is 1.54 bits per heavy atom. The van der Waals surface area contributed by atoms with Crippen molar-refractivity contribution in [2.24, 2.45) is 5.41 Å². The van der Waals surface area contributed by atoms with Crippen molar-refractivity contribution in [3.8, 4) is 0 Å². The van der Waals surface area contributed by atoms with Crippen LogP contribution in [0.3, 0.4) is 0 Å². The summed E-state index contributed by atoms with van der Waals surface area (Å²) in [6.07, 6.45) is 2.60. The van der Waals surface area contributed by atoms with Gasteiger partial charge in [-0.1, -0.05) is 22.6 Å². The van der Waals surface area contributed by atoms with E-state index in [9.17, 15) is 0 Å². The first-order valence-electron chi connectivity index (χ1n) is 5.11. The van der Waals surface area contributed by atoms with Gasteiger partial charge in [-0.3, -0.25) is 0 Å². The Bertz CT molecular complexity index is 197. The molecule has 0 amide bonds. The van der Waals surface area contributed by atoms with E-state index >= 15 is 0 Å². The van der Waals surface area contributed by atoms with Gasteiger partial charge in [-0.25, -0.2) is 0 Å². The SMILES string of the molecule is CC(C)N1CCC2(COC(I)C2)C1. The molecule has 2 saturated heterocycles. The maximum Gasteiger partial charge on any atom is 0.109 e. The quantitative estimate of drug-likeness (QED) is 0.543. The van der Waals surface area contributed by atoms with E-state index in [4.69, 9.17) is 4.74 Å². The third-order valence-corrected chi connectivity index (χ3v) is 4.16. The molecule has 2 atom stereocenters. The highest BCUT2D eigenvalue weighted by Crippen LogP contribution is 2.43. The number of hydrogen-bond donors (Lipinski definition) is 0. The number of nitrogens with zero attached hydrogens (tertiary/aromatic N) is 1. The second kappa shape index (κ2) is 3.66. The molecule has 2 heterocycles. The molecule has 0 saturated carbocycles. The van der Waals surface area contributed by atoms with Gasteiger partial charge < -0.3 is 9.64 Å². The van der Waals surface area contributed by atoms with E-state index < -0.39 is 0 Å². The minimum absolute atomic E-state index is 0.463. The van der Waals surface area contributed by atoms with E-state index in [0.717, 1.165) is 6.61 Å². The Hall–Kier alpha value is 0.650. The highest BCUT2D eigenvalue weighted by Gasteiger charge is 2.44. The molecule has 13 heavy (non-hydrogen) atoms. The van der Waals surface area contributed by atoms with Gasteiger partial charge in [0.25, 0.3) is 0 Å². The summed E-state index contributed by atoms with van der Waals surface area (Å²) in [5.74, 6) is 0. The number of halogens is 1. The largest absolute Gasteiger partial charge is 0.367 e. The van der Waals surface area contributed by atoms with E-state index in [2.05, 4.69) is 41.3 Å². The van der Waals surface area contributed by atoms with Crippen molar-refractivity contribution in [2.75, 3.05) is 19.7 Å². The molecule has 0 N–H and O–H groups in total. The average Bonchev–Trinajstić information content (AvgIpc) is 2.61. The second-order valence-electron chi connectivity index (χ2n) is 4.74. The van der Waals surface area contributed by atoms with Gasteiger partial charge in [0.1, 0.15) is 4.11 Å². The lowest BCUT2D eigenvalue weighted by atomic mass is 9.87. The number of rotatable bonds is 1. The summed E-state index contributed by atoms with van der Waals surface area (Å²) in [7, 11) is 0. The number of ether oxygens (including phenoxy) is 1. The van der Waals surface area contributed by atoms with Crippen LogP contribution >= 0.6 is 22.6 Å². The van der Waals surface area contributed by atoms with Crippen LogP contribution in [0, 0.1) is 5.41 Å². The second-order valence-corrected chi connectivity index (χ2v) is 6.13. The monoisotopic (exact) mass is 295 g/mol. The summed E-state index contributed by atoms with van der Waals surface area (Å²) in [6, 6.07) is 0.702. The average molecular weight is 295 g/mol. The molecule has 0 bridgehead atoms. The van der Waals surface area contributed by atoms with Gasteiger partial charge in [-0.2, -0.15) is 0 Å². The molecule has 2 nitrogen and oxygen atoms in total.